The summed E-state index contributed by atoms with van der Waals surface area (Å²) in [6, 6.07) is 12.5. The van der Waals surface area contributed by atoms with E-state index in [0.29, 0.717) is 11.5 Å². The van der Waals surface area contributed by atoms with Crippen molar-refractivity contribution in [2.24, 2.45) is 4.99 Å². The number of ether oxygens (including phenoxy) is 2. The number of esters is 1. The fraction of sp³-hybridized carbons (Fsp3) is 0.211. The second-order valence-electron chi connectivity index (χ2n) is 5.36. The van der Waals surface area contributed by atoms with E-state index in [9.17, 15) is 9.59 Å². The standard InChI is InChI=1S/C19H20N2O4/c1-13(22)21(3)17-8-6-16(7-9-17)20-12-15-5-10-18(25-14(2)23)19(11-15)24-4/h5-12H,1-4H3. The van der Waals surface area contributed by atoms with Crippen LogP contribution in [0.15, 0.2) is 47.5 Å². The second kappa shape index (κ2) is 8.10. The van der Waals surface area contributed by atoms with Crippen molar-refractivity contribution in [3.05, 3.63) is 48.0 Å². The second-order valence-corrected chi connectivity index (χ2v) is 5.36. The third-order valence-corrected chi connectivity index (χ3v) is 3.51. The summed E-state index contributed by atoms with van der Waals surface area (Å²) < 4.78 is 10.3. The van der Waals surface area contributed by atoms with Crippen LogP contribution in [0.4, 0.5) is 11.4 Å². The SMILES string of the molecule is COc1cc(C=Nc2ccc(N(C)C(C)=O)cc2)ccc1OC(C)=O. The van der Waals surface area contributed by atoms with Crippen LogP contribution in [-0.4, -0.2) is 32.2 Å². The van der Waals surface area contributed by atoms with Crippen molar-refractivity contribution in [2.75, 3.05) is 19.1 Å². The fourth-order valence-electron chi connectivity index (χ4n) is 2.10. The van der Waals surface area contributed by atoms with Crippen LogP contribution in [0.3, 0.4) is 0 Å². The van der Waals surface area contributed by atoms with Gasteiger partial charge in [-0.05, 0) is 48.0 Å². The Morgan fingerprint density at radius 1 is 1.04 bits per heavy atom. The molecule has 0 saturated heterocycles. The Morgan fingerprint density at radius 3 is 2.28 bits per heavy atom. The summed E-state index contributed by atoms with van der Waals surface area (Å²) in [5, 5.41) is 0. The van der Waals surface area contributed by atoms with Gasteiger partial charge in [0.25, 0.3) is 0 Å². The molecule has 2 rings (SSSR count). The lowest BCUT2D eigenvalue weighted by atomic mass is 10.2. The first-order valence-electron chi connectivity index (χ1n) is 7.65. The van der Waals surface area contributed by atoms with Crippen LogP contribution in [0.25, 0.3) is 0 Å². The van der Waals surface area contributed by atoms with Gasteiger partial charge < -0.3 is 14.4 Å². The maximum Gasteiger partial charge on any atom is 0.308 e. The molecule has 0 aliphatic carbocycles. The normalized spacial score (nSPS) is 10.6. The first-order valence-corrected chi connectivity index (χ1v) is 7.65. The number of methoxy groups -OCH3 is 1. The number of aliphatic imine (C=N–C) groups is 1. The zero-order valence-electron chi connectivity index (χ0n) is 14.6. The molecule has 0 aliphatic rings. The minimum absolute atomic E-state index is 0.0313. The van der Waals surface area contributed by atoms with E-state index in [1.807, 2.05) is 24.3 Å². The Hall–Kier alpha value is -3.15. The molecule has 130 valence electrons. The lowest BCUT2D eigenvalue weighted by Crippen LogP contribution is -2.22. The van der Waals surface area contributed by atoms with Gasteiger partial charge in [0.15, 0.2) is 11.5 Å². The van der Waals surface area contributed by atoms with E-state index in [-0.39, 0.29) is 5.91 Å². The molecule has 0 atom stereocenters. The fourth-order valence-corrected chi connectivity index (χ4v) is 2.10. The first kappa shape index (κ1) is 18.2. The Bertz CT molecular complexity index is 798. The van der Waals surface area contributed by atoms with E-state index in [4.69, 9.17) is 9.47 Å². The van der Waals surface area contributed by atoms with E-state index in [1.54, 1.807) is 36.4 Å². The van der Waals surface area contributed by atoms with Crippen molar-refractivity contribution in [2.45, 2.75) is 13.8 Å². The highest BCUT2D eigenvalue weighted by Gasteiger charge is 2.07. The lowest BCUT2D eigenvalue weighted by Gasteiger charge is -2.14. The molecule has 0 heterocycles. The molecule has 0 aromatic heterocycles. The molecule has 25 heavy (non-hydrogen) atoms. The van der Waals surface area contributed by atoms with E-state index >= 15 is 0 Å². The number of benzene rings is 2. The summed E-state index contributed by atoms with van der Waals surface area (Å²) in [7, 11) is 3.23. The number of carbonyl (C=O) groups excluding carboxylic acids is 2. The summed E-state index contributed by atoms with van der Waals surface area (Å²) in [4.78, 5) is 28.4. The van der Waals surface area contributed by atoms with Crippen LogP contribution in [0, 0.1) is 0 Å². The molecule has 0 N–H and O–H groups in total. The maximum absolute atomic E-state index is 11.3. The molecule has 0 spiro atoms. The average molecular weight is 340 g/mol. The monoisotopic (exact) mass is 340 g/mol. The largest absolute Gasteiger partial charge is 0.493 e. The predicted molar refractivity (Wildman–Crippen MR) is 97.1 cm³/mol. The van der Waals surface area contributed by atoms with E-state index in [2.05, 4.69) is 4.99 Å². The lowest BCUT2D eigenvalue weighted by molar-refractivity contribution is -0.132. The van der Waals surface area contributed by atoms with Crippen LogP contribution < -0.4 is 14.4 Å². The molecule has 0 radical (unpaired) electrons. The highest BCUT2D eigenvalue weighted by Crippen LogP contribution is 2.28. The Kier molecular flexibility index (Phi) is 5.89. The van der Waals surface area contributed by atoms with Gasteiger partial charge in [-0.3, -0.25) is 14.6 Å². The smallest absolute Gasteiger partial charge is 0.308 e. The van der Waals surface area contributed by atoms with Gasteiger partial charge in [0, 0.05) is 32.8 Å². The Morgan fingerprint density at radius 2 is 1.72 bits per heavy atom. The summed E-state index contributed by atoms with van der Waals surface area (Å²) in [5.74, 6) is 0.382. The van der Waals surface area contributed by atoms with Gasteiger partial charge in [0.2, 0.25) is 5.91 Å². The molecule has 0 fully saturated rings. The van der Waals surface area contributed by atoms with Crippen molar-refractivity contribution >= 4 is 29.5 Å². The molecule has 6 nitrogen and oxygen atoms in total. The average Bonchev–Trinajstić information content (AvgIpc) is 2.60. The molecular formula is C19H20N2O4. The van der Waals surface area contributed by atoms with Crippen molar-refractivity contribution in [1.29, 1.82) is 0 Å². The Labute approximate surface area is 146 Å². The molecule has 0 aliphatic heterocycles. The van der Waals surface area contributed by atoms with Crippen LogP contribution >= 0.6 is 0 Å². The summed E-state index contributed by atoms with van der Waals surface area (Å²) in [6.07, 6.45) is 1.68. The van der Waals surface area contributed by atoms with E-state index in [0.717, 1.165) is 16.9 Å². The number of hydrogen-bond donors (Lipinski definition) is 0. The predicted octanol–water partition coefficient (Wildman–Crippen LogP) is 3.35. The topological polar surface area (TPSA) is 68.2 Å². The first-order chi connectivity index (χ1) is 11.9. The van der Waals surface area contributed by atoms with Gasteiger partial charge in [-0.2, -0.15) is 0 Å². The molecule has 0 bridgehead atoms. The molecule has 6 heteroatoms. The number of amides is 1. The van der Waals surface area contributed by atoms with Gasteiger partial charge in [0.1, 0.15) is 0 Å². The molecule has 1 amide bonds. The van der Waals surface area contributed by atoms with Crippen molar-refractivity contribution in [3.63, 3.8) is 0 Å². The van der Waals surface area contributed by atoms with Gasteiger partial charge in [0.05, 0.1) is 12.8 Å². The molecule has 2 aromatic carbocycles. The molecule has 2 aromatic rings. The maximum atomic E-state index is 11.3. The summed E-state index contributed by atoms with van der Waals surface area (Å²) in [6.45, 7) is 2.85. The van der Waals surface area contributed by atoms with Gasteiger partial charge in [-0.25, -0.2) is 0 Å². The van der Waals surface area contributed by atoms with Crippen LogP contribution in [-0.2, 0) is 9.59 Å². The minimum Gasteiger partial charge on any atom is -0.493 e. The van der Waals surface area contributed by atoms with Gasteiger partial charge >= 0.3 is 5.97 Å². The van der Waals surface area contributed by atoms with Gasteiger partial charge in [-0.15, -0.1) is 0 Å². The number of hydrogen-bond acceptors (Lipinski definition) is 5. The third-order valence-electron chi connectivity index (χ3n) is 3.51. The highest BCUT2D eigenvalue weighted by atomic mass is 16.6. The van der Waals surface area contributed by atoms with Crippen LogP contribution in [0.5, 0.6) is 11.5 Å². The Balaban J connectivity index is 2.16. The van der Waals surface area contributed by atoms with Crippen molar-refractivity contribution < 1.29 is 19.1 Å². The molecule has 0 saturated carbocycles. The van der Waals surface area contributed by atoms with Crippen molar-refractivity contribution in [3.8, 4) is 11.5 Å². The van der Waals surface area contributed by atoms with Crippen LogP contribution in [0.2, 0.25) is 0 Å². The molecular weight excluding hydrogens is 320 g/mol. The zero-order chi connectivity index (χ0) is 18.4. The number of carbonyl (C=O) groups is 2. The third kappa shape index (κ3) is 4.91. The van der Waals surface area contributed by atoms with Crippen molar-refractivity contribution in [1.82, 2.24) is 0 Å². The van der Waals surface area contributed by atoms with Gasteiger partial charge in [-0.1, -0.05) is 0 Å². The highest BCUT2D eigenvalue weighted by molar-refractivity contribution is 5.91. The minimum atomic E-state index is -0.407. The zero-order valence-corrected chi connectivity index (χ0v) is 14.6. The number of nitrogens with zero attached hydrogens (tertiary/aromatic N) is 2. The number of rotatable bonds is 5. The van der Waals surface area contributed by atoms with E-state index < -0.39 is 5.97 Å². The molecule has 0 unspecified atom stereocenters. The number of anilines is 1. The quantitative estimate of drug-likeness (QED) is 0.475. The summed E-state index contributed by atoms with van der Waals surface area (Å²) >= 11 is 0. The summed E-state index contributed by atoms with van der Waals surface area (Å²) in [5.41, 5.74) is 2.36. The van der Waals surface area contributed by atoms with Crippen LogP contribution in [0.1, 0.15) is 19.4 Å². The van der Waals surface area contributed by atoms with E-state index in [1.165, 1.54) is 21.0 Å².